The summed E-state index contributed by atoms with van der Waals surface area (Å²) in [7, 11) is 4.01. The molecule has 0 aliphatic heterocycles. The standard InChI is InChI=1S/C19H22N6O/c1-13-11-17(25(22-13)8-4-10-26)15-12-24(3)19(21-15)18-14-6-9-23(2)16(14)5-7-20-18/h5-7,9,11-12,26H,4,8,10H2,1-3H3. The third kappa shape index (κ3) is 2.70. The lowest BCUT2D eigenvalue weighted by atomic mass is 10.2. The number of aromatic nitrogens is 6. The van der Waals surface area contributed by atoms with Crippen LogP contribution in [0.4, 0.5) is 0 Å². The van der Waals surface area contributed by atoms with Gasteiger partial charge >= 0.3 is 0 Å². The van der Waals surface area contributed by atoms with E-state index in [0.717, 1.165) is 39.5 Å². The summed E-state index contributed by atoms with van der Waals surface area (Å²) < 4.78 is 5.99. The van der Waals surface area contributed by atoms with Crippen LogP contribution in [0.1, 0.15) is 12.1 Å². The molecule has 4 heterocycles. The molecule has 0 amide bonds. The molecule has 4 rings (SSSR count). The molecule has 1 N–H and O–H groups in total. The summed E-state index contributed by atoms with van der Waals surface area (Å²) in [6.45, 7) is 2.78. The molecular formula is C19H22N6O. The van der Waals surface area contributed by atoms with Gasteiger partial charge in [-0.2, -0.15) is 5.10 Å². The summed E-state index contributed by atoms with van der Waals surface area (Å²) in [5.74, 6) is 0.823. The molecule has 0 atom stereocenters. The van der Waals surface area contributed by atoms with Crippen LogP contribution in [0.3, 0.4) is 0 Å². The first-order chi connectivity index (χ1) is 12.6. The second-order valence-corrected chi connectivity index (χ2v) is 6.55. The Morgan fingerprint density at radius 1 is 1.15 bits per heavy atom. The molecule has 0 aliphatic carbocycles. The lowest BCUT2D eigenvalue weighted by Gasteiger charge is -2.04. The van der Waals surface area contributed by atoms with Crippen LogP contribution in [-0.4, -0.2) is 40.6 Å². The Morgan fingerprint density at radius 3 is 2.81 bits per heavy atom. The van der Waals surface area contributed by atoms with E-state index in [9.17, 15) is 0 Å². The third-order valence-electron chi connectivity index (χ3n) is 4.59. The zero-order chi connectivity index (χ0) is 18.3. The van der Waals surface area contributed by atoms with Gasteiger partial charge in [0.05, 0.1) is 16.9 Å². The first kappa shape index (κ1) is 16.5. The van der Waals surface area contributed by atoms with Gasteiger partial charge < -0.3 is 14.2 Å². The van der Waals surface area contributed by atoms with Crippen molar-refractivity contribution in [2.45, 2.75) is 19.9 Å². The molecule has 7 heteroatoms. The largest absolute Gasteiger partial charge is 0.396 e. The molecule has 7 nitrogen and oxygen atoms in total. The first-order valence-electron chi connectivity index (χ1n) is 8.68. The van der Waals surface area contributed by atoms with Gasteiger partial charge in [-0.1, -0.05) is 0 Å². The van der Waals surface area contributed by atoms with Crippen LogP contribution in [0.15, 0.2) is 36.8 Å². The van der Waals surface area contributed by atoms with Gasteiger partial charge in [0.25, 0.3) is 0 Å². The SMILES string of the molecule is Cc1cc(-c2cn(C)c(-c3nccc4c3ccn4C)n2)n(CCCO)n1. The van der Waals surface area contributed by atoms with Crippen molar-refractivity contribution >= 4 is 10.9 Å². The van der Waals surface area contributed by atoms with Crippen LogP contribution in [-0.2, 0) is 20.6 Å². The first-order valence-corrected chi connectivity index (χ1v) is 8.68. The van der Waals surface area contributed by atoms with Gasteiger partial charge in [0.1, 0.15) is 11.4 Å². The molecule has 0 unspecified atom stereocenters. The molecule has 0 radical (unpaired) electrons. The van der Waals surface area contributed by atoms with Crippen molar-refractivity contribution in [1.82, 2.24) is 28.9 Å². The highest BCUT2D eigenvalue weighted by atomic mass is 16.3. The van der Waals surface area contributed by atoms with E-state index in [1.165, 1.54) is 0 Å². The predicted molar refractivity (Wildman–Crippen MR) is 101 cm³/mol. The number of fused-ring (bicyclic) bond motifs is 1. The minimum absolute atomic E-state index is 0.145. The van der Waals surface area contributed by atoms with Crippen molar-refractivity contribution < 1.29 is 5.11 Å². The summed E-state index contributed by atoms with van der Waals surface area (Å²) in [6.07, 6.45) is 6.53. The number of imidazole rings is 1. The molecule has 0 aromatic carbocycles. The highest BCUT2D eigenvalue weighted by Gasteiger charge is 2.17. The smallest absolute Gasteiger partial charge is 0.159 e. The van der Waals surface area contributed by atoms with Crippen LogP contribution < -0.4 is 0 Å². The van der Waals surface area contributed by atoms with E-state index in [1.807, 2.05) is 61.0 Å². The lowest BCUT2D eigenvalue weighted by molar-refractivity contribution is 0.277. The van der Waals surface area contributed by atoms with E-state index in [-0.39, 0.29) is 6.61 Å². The Kier molecular flexibility index (Phi) is 4.08. The Bertz CT molecular complexity index is 1070. The normalized spacial score (nSPS) is 11.5. The Labute approximate surface area is 151 Å². The maximum atomic E-state index is 9.12. The summed E-state index contributed by atoms with van der Waals surface area (Å²) in [4.78, 5) is 9.44. The van der Waals surface area contributed by atoms with E-state index >= 15 is 0 Å². The second-order valence-electron chi connectivity index (χ2n) is 6.55. The van der Waals surface area contributed by atoms with Gasteiger partial charge in [0.2, 0.25) is 0 Å². The number of aryl methyl sites for hydroxylation is 4. The molecule has 0 spiro atoms. The van der Waals surface area contributed by atoms with Crippen LogP contribution in [0.2, 0.25) is 0 Å². The van der Waals surface area contributed by atoms with Crippen molar-refractivity contribution in [2.75, 3.05) is 6.61 Å². The molecule has 134 valence electrons. The molecule has 0 saturated carbocycles. The molecule has 0 saturated heterocycles. The summed E-state index contributed by atoms with van der Waals surface area (Å²) >= 11 is 0. The van der Waals surface area contributed by atoms with Crippen molar-refractivity contribution in [3.63, 3.8) is 0 Å². The molecule has 0 fully saturated rings. The van der Waals surface area contributed by atoms with E-state index in [2.05, 4.69) is 20.7 Å². The van der Waals surface area contributed by atoms with Gasteiger partial charge in [-0.05, 0) is 31.5 Å². The van der Waals surface area contributed by atoms with Gasteiger partial charge in [-0.15, -0.1) is 0 Å². The molecular weight excluding hydrogens is 328 g/mol. The topological polar surface area (TPSA) is 73.7 Å². The highest BCUT2D eigenvalue weighted by molar-refractivity contribution is 5.91. The van der Waals surface area contributed by atoms with E-state index in [1.54, 1.807) is 0 Å². The number of hydrogen-bond acceptors (Lipinski definition) is 4. The fourth-order valence-electron chi connectivity index (χ4n) is 3.33. The van der Waals surface area contributed by atoms with Gasteiger partial charge in [0.15, 0.2) is 5.82 Å². The van der Waals surface area contributed by atoms with Gasteiger partial charge in [-0.3, -0.25) is 9.67 Å². The molecule has 26 heavy (non-hydrogen) atoms. The minimum Gasteiger partial charge on any atom is -0.396 e. The van der Waals surface area contributed by atoms with Crippen molar-refractivity contribution in [3.05, 3.63) is 42.5 Å². The zero-order valence-corrected chi connectivity index (χ0v) is 15.2. The van der Waals surface area contributed by atoms with E-state index in [4.69, 9.17) is 10.1 Å². The Hall–Kier alpha value is -2.93. The third-order valence-corrected chi connectivity index (χ3v) is 4.59. The van der Waals surface area contributed by atoms with Crippen LogP contribution >= 0.6 is 0 Å². The number of nitrogens with zero attached hydrogens (tertiary/aromatic N) is 6. The monoisotopic (exact) mass is 350 g/mol. The molecule has 0 aliphatic rings. The van der Waals surface area contributed by atoms with E-state index in [0.29, 0.717) is 13.0 Å². The average Bonchev–Trinajstić information content (AvgIpc) is 3.30. The Balaban J connectivity index is 1.81. The van der Waals surface area contributed by atoms with Gasteiger partial charge in [-0.25, -0.2) is 4.98 Å². The van der Waals surface area contributed by atoms with Crippen molar-refractivity contribution in [1.29, 1.82) is 0 Å². The summed E-state index contributed by atoms with van der Waals surface area (Å²) in [6, 6.07) is 6.11. The van der Waals surface area contributed by atoms with Crippen molar-refractivity contribution in [2.24, 2.45) is 14.1 Å². The molecule has 4 aromatic rings. The highest BCUT2D eigenvalue weighted by Crippen LogP contribution is 2.29. The zero-order valence-electron chi connectivity index (χ0n) is 15.2. The Morgan fingerprint density at radius 2 is 2.00 bits per heavy atom. The fraction of sp³-hybridized carbons (Fsp3) is 0.316. The molecule has 0 bridgehead atoms. The van der Waals surface area contributed by atoms with Crippen molar-refractivity contribution in [3.8, 4) is 22.9 Å². The average molecular weight is 350 g/mol. The predicted octanol–water partition coefficient (Wildman–Crippen LogP) is 2.53. The number of aliphatic hydroxyl groups excluding tert-OH is 1. The maximum Gasteiger partial charge on any atom is 0.159 e. The van der Waals surface area contributed by atoms with E-state index < -0.39 is 0 Å². The maximum absolute atomic E-state index is 9.12. The fourth-order valence-corrected chi connectivity index (χ4v) is 3.33. The number of hydrogen-bond donors (Lipinski definition) is 1. The minimum atomic E-state index is 0.145. The molecule has 4 aromatic heterocycles. The lowest BCUT2D eigenvalue weighted by Crippen LogP contribution is -2.04. The summed E-state index contributed by atoms with van der Waals surface area (Å²) in [5, 5.41) is 14.7. The second kappa shape index (κ2) is 6.42. The van der Waals surface area contributed by atoms with Gasteiger partial charge in [0, 0.05) is 51.2 Å². The number of pyridine rings is 1. The van der Waals surface area contributed by atoms with Crippen LogP contribution in [0, 0.1) is 6.92 Å². The van der Waals surface area contributed by atoms with Crippen LogP contribution in [0.25, 0.3) is 33.8 Å². The summed E-state index contributed by atoms with van der Waals surface area (Å²) in [5.41, 5.74) is 4.75. The number of aliphatic hydroxyl groups is 1. The quantitative estimate of drug-likeness (QED) is 0.600. The number of rotatable bonds is 5. The van der Waals surface area contributed by atoms with Crippen LogP contribution in [0.5, 0.6) is 0 Å².